The Hall–Kier alpha value is -0.393. The lowest BCUT2D eigenvalue weighted by molar-refractivity contribution is -0.145. The molecule has 0 fully saturated rings. The molecule has 0 aliphatic heterocycles. The van der Waals surface area contributed by atoms with Crippen molar-refractivity contribution in [3.05, 3.63) is 0 Å². The number of esters is 1. The molecule has 5 heteroatoms. The van der Waals surface area contributed by atoms with Crippen LogP contribution in [0.1, 0.15) is 34.1 Å². The van der Waals surface area contributed by atoms with Crippen LogP contribution in [0.5, 0.6) is 0 Å². The fourth-order valence-electron chi connectivity index (χ4n) is 1.02. The Bertz CT molecular complexity index is 249. The minimum Gasteiger partial charge on any atom is -0.465 e. The van der Waals surface area contributed by atoms with Crippen LogP contribution < -0.4 is 5.73 Å². The van der Waals surface area contributed by atoms with Gasteiger partial charge in [0.05, 0.1) is 6.61 Å². The molecule has 0 unspecified atom stereocenters. The molecule has 0 bridgehead atoms. The molecule has 2 N–H and O–H groups in total. The standard InChI is InChI=1S/C12H27NO3Si/c1-7-15-11(14)10(13)8-9-16-17(5,6)12(2,3)4/h10H,7-9,13H2,1-6H3/t10-/m1/s1. The van der Waals surface area contributed by atoms with Crippen LogP contribution in [0.3, 0.4) is 0 Å². The van der Waals surface area contributed by atoms with E-state index in [4.69, 9.17) is 14.9 Å². The quantitative estimate of drug-likeness (QED) is 0.588. The fraction of sp³-hybridized carbons (Fsp3) is 0.917. The van der Waals surface area contributed by atoms with Crippen LogP contribution in [0.2, 0.25) is 18.1 Å². The van der Waals surface area contributed by atoms with E-state index < -0.39 is 14.4 Å². The average Bonchev–Trinajstić information content (AvgIpc) is 2.15. The molecule has 0 spiro atoms. The highest BCUT2D eigenvalue weighted by Gasteiger charge is 2.37. The van der Waals surface area contributed by atoms with Crippen molar-refractivity contribution in [1.29, 1.82) is 0 Å². The molecular formula is C12H27NO3Si. The van der Waals surface area contributed by atoms with Gasteiger partial charge in [0.15, 0.2) is 8.32 Å². The first-order valence-corrected chi connectivity index (χ1v) is 9.09. The number of carbonyl (C=O) groups excluding carboxylic acids is 1. The Morgan fingerprint density at radius 1 is 1.35 bits per heavy atom. The second-order valence-electron chi connectivity index (χ2n) is 5.76. The van der Waals surface area contributed by atoms with E-state index in [-0.39, 0.29) is 11.0 Å². The van der Waals surface area contributed by atoms with E-state index in [1.807, 2.05) is 0 Å². The van der Waals surface area contributed by atoms with Crippen molar-refractivity contribution in [2.75, 3.05) is 13.2 Å². The van der Waals surface area contributed by atoms with E-state index in [9.17, 15) is 4.79 Å². The minimum atomic E-state index is -1.73. The molecule has 0 aromatic carbocycles. The summed E-state index contributed by atoms with van der Waals surface area (Å²) in [5, 5.41) is 0.182. The highest BCUT2D eigenvalue weighted by Crippen LogP contribution is 2.36. The van der Waals surface area contributed by atoms with Crippen molar-refractivity contribution < 1.29 is 14.0 Å². The Morgan fingerprint density at radius 2 is 1.88 bits per heavy atom. The summed E-state index contributed by atoms with van der Waals surface area (Å²) in [6.45, 7) is 13.6. The lowest BCUT2D eigenvalue weighted by Crippen LogP contribution is -2.42. The van der Waals surface area contributed by atoms with Gasteiger partial charge in [-0.2, -0.15) is 0 Å². The second-order valence-corrected chi connectivity index (χ2v) is 10.6. The van der Waals surface area contributed by atoms with E-state index in [0.717, 1.165) is 0 Å². The van der Waals surface area contributed by atoms with Gasteiger partial charge in [-0.3, -0.25) is 4.79 Å². The van der Waals surface area contributed by atoms with Gasteiger partial charge in [0, 0.05) is 6.61 Å². The molecule has 102 valence electrons. The lowest BCUT2D eigenvalue weighted by atomic mass is 10.2. The van der Waals surface area contributed by atoms with Crippen LogP contribution >= 0.6 is 0 Å². The predicted molar refractivity (Wildman–Crippen MR) is 72.4 cm³/mol. The monoisotopic (exact) mass is 261 g/mol. The van der Waals surface area contributed by atoms with E-state index in [1.54, 1.807) is 6.92 Å². The molecule has 0 saturated heterocycles. The van der Waals surface area contributed by atoms with Gasteiger partial charge < -0.3 is 14.9 Å². The Labute approximate surface area is 106 Å². The van der Waals surface area contributed by atoms with Crippen molar-refractivity contribution in [3.8, 4) is 0 Å². The van der Waals surface area contributed by atoms with Crippen molar-refractivity contribution >= 4 is 14.3 Å². The Morgan fingerprint density at radius 3 is 2.29 bits per heavy atom. The molecule has 0 aliphatic rings. The van der Waals surface area contributed by atoms with Gasteiger partial charge in [0.2, 0.25) is 0 Å². The highest BCUT2D eigenvalue weighted by atomic mass is 28.4. The molecule has 1 atom stereocenters. The molecule has 0 amide bonds. The van der Waals surface area contributed by atoms with Crippen molar-refractivity contribution in [2.45, 2.75) is 58.3 Å². The third-order valence-electron chi connectivity index (χ3n) is 3.29. The molecule has 0 aromatic rings. The van der Waals surface area contributed by atoms with Crippen LogP contribution in [-0.4, -0.2) is 33.5 Å². The minimum absolute atomic E-state index is 0.182. The van der Waals surface area contributed by atoms with Crippen molar-refractivity contribution in [2.24, 2.45) is 5.73 Å². The van der Waals surface area contributed by atoms with Gasteiger partial charge in [0.1, 0.15) is 6.04 Å². The number of carbonyl (C=O) groups is 1. The van der Waals surface area contributed by atoms with E-state index >= 15 is 0 Å². The second kappa shape index (κ2) is 6.52. The molecule has 0 rings (SSSR count). The van der Waals surface area contributed by atoms with Gasteiger partial charge in [0.25, 0.3) is 0 Å². The summed E-state index contributed by atoms with van der Waals surface area (Å²) >= 11 is 0. The number of hydrogen-bond acceptors (Lipinski definition) is 4. The fourth-order valence-corrected chi connectivity index (χ4v) is 2.09. The highest BCUT2D eigenvalue weighted by molar-refractivity contribution is 6.74. The van der Waals surface area contributed by atoms with Gasteiger partial charge in [-0.15, -0.1) is 0 Å². The zero-order chi connectivity index (χ0) is 13.7. The zero-order valence-electron chi connectivity index (χ0n) is 12.0. The van der Waals surface area contributed by atoms with Crippen LogP contribution in [0.4, 0.5) is 0 Å². The summed E-state index contributed by atoms with van der Waals surface area (Å²) in [7, 11) is -1.73. The Kier molecular flexibility index (Phi) is 6.36. The number of hydrogen-bond donors (Lipinski definition) is 1. The first kappa shape index (κ1) is 16.6. The summed E-state index contributed by atoms with van der Waals surface area (Å²) in [5.41, 5.74) is 5.70. The maximum atomic E-state index is 11.3. The van der Waals surface area contributed by atoms with Gasteiger partial charge in [-0.1, -0.05) is 20.8 Å². The third-order valence-corrected chi connectivity index (χ3v) is 7.83. The summed E-state index contributed by atoms with van der Waals surface area (Å²) in [6, 6.07) is -0.570. The maximum absolute atomic E-state index is 11.3. The first-order chi connectivity index (χ1) is 7.62. The summed E-state index contributed by atoms with van der Waals surface area (Å²) in [6.07, 6.45) is 0.519. The van der Waals surface area contributed by atoms with Gasteiger partial charge in [-0.25, -0.2) is 0 Å². The van der Waals surface area contributed by atoms with Crippen LogP contribution in [0, 0.1) is 0 Å². The molecule has 0 heterocycles. The SMILES string of the molecule is CCOC(=O)[C@H](N)CCO[Si](C)(C)C(C)(C)C. The number of ether oxygens (including phenoxy) is 1. The van der Waals surface area contributed by atoms with Crippen molar-refractivity contribution in [1.82, 2.24) is 0 Å². The number of nitrogens with two attached hydrogens (primary N) is 1. The van der Waals surface area contributed by atoms with E-state index in [2.05, 4.69) is 33.9 Å². The van der Waals surface area contributed by atoms with E-state index in [0.29, 0.717) is 19.6 Å². The normalized spacial score (nSPS) is 14.5. The van der Waals surface area contributed by atoms with Crippen LogP contribution in [0.25, 0.3) is 0 Å². The lowest BCUT2D eigenvalue weighted by Gasteiger charge is -2.36. The largest absolute Gasteiger partial charge is 0.465 e. The maximum Gasteiger partial charge on any atom is 0.322 e. The Balaban J connectivity index is 4.03. The average molecular weight is 261 g/mol. The van der Waals surface area contributed by atoms with Crippen LogP contribution in [-0.2, 0) is 14.0 Å². The molecular weight excluding hydrogens is 234 g/mol. The smallest absolute Gasteiger partial charge is 0.322 e. The molecule has 0 saturated carbocycles. The topological polar surface area (TPSA) is 61.5 Å². The van der Waals surface area contributed by atoms with E-state index in [1.165, 1.54) is 0 Å². The summed E-state index contributed by atoms with van der Waals surface area (Å²) < 4.78 is 10.8. The van der Waals surface area contributed by atoms with Gasteiger partial charge in [-0.05, 0) is 31.5 Å². The molecule has 0 radical (unpaired) electrons. The predicted octanol–water partition coefficient (Wildman–Crippen LogP) is 2.29. The van der Waals surface area contributed by atoms with Crippen LogP contribution in [0.15, 0.2) is 0 Å². The summed E-state index contributed by atoms with van der Waals surface area (Å²) in [4.78, 5) is 11.3. The number of rotatable bonds is 6. The third kappa shape index (κ3) is 5.65. The molecule has 4 nitrogen and oxygen atoms in total. The van der Waals surface area contributed by atoms with Crippen molar-refractivity contribution in [3.63, 3.8) is 0 Å². The van der Waals surface area contributed by atoms with Gasteiger partial charge >= 0.3 is 5.97 Å². The molecule has 0 aromatic heterocycles. The molecule has 17 heavy (non-hydrogen) atoms. The first-order valence-electron chi connectivity index (χ1n) is 6.18. The zero-order valence-corrected chi connectivity index (χ0v) is 13.0. The summed E-state index contributed by atoms with van der Waals surface area (Å²) in [5.74, 6) is -0.341. The molecule has 0 aliphatic carbocycles.